The Bertz CT molecular complexity index is 736. The van der Waals surface area contributed by atoms with Crippen LogP contribution in [0.3, 0.4) is 0 Å². The maximum atomic E-state index is 12.2. The van der Waals surface area contributed by atoms with Crippen molar-refractivity contribution >= 4 is 33.1 Å². The summed E-state index contributed by atoms with van der Waals surface area (Å²) < 4.78 is 1.53. The average molecular weight is 280 g/mol. The summed E-state index contributed by atoms with van der Waals surface area (Å²) in [7, 11) is 0. The van der Waals surface area contributed by atoms with Crippen molar-refractivity contribution in [3.05, 3.63) is 38.0 Å². The van der Waals surface area contributed by atoms with Gasteiger partial charge < -0.3 is 0 Å². The number of carbonyl (C=O) groups excluding carboxylic acids is 1. The van der Waals surface area contributed by atoms with Crippen LogP contribution in [-0.2, 0) is 0 Å². The molecule has 0 N–H and O–H groups in total. The number of nitro benzene ring substituents is 1. The lowest BCUT2D eigenvalue weighted by atomic mass is 9.95. The van der Waals surface area contributed by atoms with Crippen molar-refractivity contribution in [1.29, 1.82) is 0 Å². The molecular formula is C12H12N2O4S. The normalized spacial score (nSPS) is 11.7. The van der Waals surface area contributed by atoms with Gasteiger partial charge in [0, 0.05) is 17.5 Å². The Hall–Kier alpha value is -2.02. The fourth-order valence-corrected chi connectivity index (χ4v) is 2.55. The van der Waals surface area contributed by atoms with Crippen molar-refractivity contribution in [3.63, 3.8) is 0 Å². The number of hydrogen-bond donors (Lipinski definition) is 0. The molecule has 0 bridgehead atoms. The summed E-state index contributed by atoms with van der Waals surface area (Å²) in [5.41, 5.74) is -0.371. The summed E-state index contributed by atoms with van der Waals surface area (Å²) in [4.78, 5) is 33.9. The minimum Gasteiger partial charge on any atom is -0.273 e. The van der Waals surface area contributed by atoms with Gasteiger partial charge in [-0.05, 0) is 6.07 Å². The van der Waals surface area contributed by atoms with E-state index in [9.17, 15) is 19.7 Å². The van der Waals surface area contributed by atoms with Crippen molar-refractivity contribution in [3.8, 4) is 0 Å². The van der Waals surface area contributed by atoms with Crippen LogP contribution in [0.15, 0.2) is 23.0 Å². The molecule has 1 heterocycles. The van der Waals surface area contributed by atoms with Gasteiger partial charge in [-0.25, -0.2) is 4.57 Å². The van der Waals surface area contributed by atoms with Gasteiger partial charge in [0.25, 0.3) is 5.69 Å². The standard InChI is InChI=1S/C12H12N2O4S/c1-12(2,3)10(15)13-8-5-4-7(14(17)18)6-9(8)19-11(13)16/h4-6H,1-3H3. The largest absolute Gasteiger partial charge is 0.314 e. The Kier molecular flexibility index (Phi) is 3.01. The first-order chi connectivity index (χ1) is 8.71. The predicted octanol–water partition coefficient (Wildman–Crippen LogP) is 2.66. The quantitative estimate of drug-likeness (QED) is 0.594. The van der Waals surface area contributed by atoms with E-state index < -0.39 is 15.2 Å². The van der Waals surface area contributed by atoms with Crippen LogP contribution in [0.5, 0.6) is 0 Å². The first-order valence-corrected chi connectivity index (χ1v) is 6.38. The molecule has 0 spiro atoms. The molecule has 6 nitrogen and oxygen atoms in total. The maximum absolute atomic E-state index is 12.2. The van der Waals surface area contributed by atoms with Gasteiger partial charge in [0.2, 0.25) is 5.91 Å². The monoisotopic (exact) mass is 280 g/mol. The van der Waals surface area contributed by atoms with Crippen LogP contribution >= 0.6 is 11.3 Å². The highest BCUT2D eigenvalue weighted by Crippen LogP contribution is 2.25. The number of nitrogens with zero attached hydrogens (tertiary/aromatic N) is 2. The molecule has 2 rings (SSSR count). The highest BCUT2D eigenvalue weighted by Gasteiger charge is 2.27. The maximum Gasteiger partial charge on any atom is 0.314 e. The SMILES string of the molecule is CC(C)(C)C(=O)n1c(=O)sc2cc([N+](=O)[O-])ccc21. The Morgan fingerprint density at radius 1 is 1.37 bits per heavy atom. The molecule has 1 aromatic carbocycles. The summed E-state index contributed by atoms with van der Waals surface area (Å²) in [5, 5.41) is 10.7. The number of nitro groups is 1. The molecule has 1 aromatic heterocycles. The molecule has 0 aliphatic carbocycles. The lowest BCUT2D eigenvalue weighted by Gasteiger charge is -2.16. The van der Waals surface area contributed by atoms with Crippen LogP contribution in [0.1, 0.15) is 25.6 Å². The minimum absolute atomic E-state index is 0.0934. The third-order valence-corrected chi connectivity index (χ3v) is 3.52. The van der Waals surface area contributed by atoms with Crippen molar-refractivity contribution < 1.29 is 9.72 Å². The molecule has 0 fully saturated rings. The number of carbonyl (C=O) groups is 1. The molecule has 0 amide bonds. The number of benzene rings is 1. The number of rotatable bonds is 1. The highest BCUT2D eigenvalue weighted by molar-refractivity contribution is 7.16. The van der Waals surface area contributed by atoms with Crippen molar-refractivity contribution in [2.24, 2.45) is 5.41 Å². The molecule has 0 saturated carbocycles. The van der Waals surface area contributed by atoms with Crippen LogP contribution in [-0.4, -0.2) is 15.4 Å². The fourth-order valence-electron chi connectivity index (χ4n) is 1.65. The second-order valence-corrected chi connectivity index (χ2v) is 6.16. The summed E-state index contributed by atoms with van der Waals surface area (Å²) in [6.45, 7) is 5.16. The van der Waals surface area contributed by atoms with E-state index in [0.717, 1.165) is 15.9 Å². The second-order valence-electron chi connectivity index (χ2n) is 5.17. The summed E-state index contributed by atoms with van der Waals surface area (Å²) >= 11 is 0.837. The topological polar surface area (TPSA) is 82.2 Å². The zero-order chi connectivity index (χ0) is 14.4. The molecule has 0 aliphatic heterocycles. The first-order valence-electron chi connectivity index (χ1n) is 5.56. The summed E-state index contributed by atoms with van der Waals surface area (Å²) in [5.74, 6) is -0.322. The van der Waals surface area contributed by atoms with E-state index >= 15 is 0 Å². The Labute approximate surface area is 112 Å². The second kappa shape index (κ2) is 4.27. The molecule has 100 valence electrons. The van der Waals surface area contributed by atoms with Crippen LogP contribution in [0, 0.1) is 15.5 Å². The minimum atomic E-state index is -0.695. The first kappa shape index (κ1) is 13.4. The highest BCUT2D eigenvalue weighted by atomic mass is 32.1. The van der Waals surface area contributed by atoms with Crippen LogP contribution in [0.2, 0.25) is 0 Å². The summed E-state index contributed by atoms with van der Waals surface area (Å²) in [6, 6.07) is 4.05. The van der Waals surface area contributed by atoms with Crippen molar-refractivity contribution in [2.45, 2.75) is 20.8 Å². The van der Waals surface area contributed by atoms with Gasteiger partial charge in [0.15, 0.2) is 0 Å². The Balaban J connectivity index is 2.71. The third-order valence-electron chi connectivity index (χ3n) is 2.62. The van der Waals surface area contributed by atoms with E-state index in [1.54, 1.807) is 20.8 Å². The van der Waals surface area contributed by atoms with Crippen LogP contribution in [0.4, 0.5) is 5.69 Å². The van der Waals surface area contributed by atoms with Crippen molar-refractivity contribution in [1.82, 2.24) is 4.57 Å². The van der Waals surface area contributed by atoms with E-state index in [1.165, 1.54) is 18.2 Å². The van der Waals surface area contributed by atoms with E-state index in [2.05, 4.69) is 0 Å². The molecule has 0 unspecified atom stereocenters. The number of non-ortho nitro benzene ring substituents is 1. The lowest BCUT2D eigenvalue weighted by Crippen LogP contribution is -2.32. The zero-order valence-electron chi connectivity index (χ0n) is 10.7. The molecule has 0 saturated heterocycles. The summed E-state index contributed by atoms with van der Waals surface area (Å²) in [6.07, 6.45) is 0. The van der Waals surface area contributed by atoms with E-state index in [-0.39, 0.29) is 11.6 Å². The fraction of sp³-hybridized carbons (Fsp3) is 0.333. The molecule has 0 radical (unpaired) electrons. The number of hydrogen-bond acceptors (Lipinski definition) is 5. The van der Waals surface area contributed by atoms with Gasteiger partial charge in [-0.3, -0.25) is 19.7 Å². The lowest BCUT2D eigenvalue weighted by molar-refractivity contribution is -0.384. The molecule has 0 atom stereocenters. The van der Waals surface area contributed by atoms with Gasteiger partial charge in [0.1, 0.15) is 0 Å². The van der Waals surface area contributed by atoms with E-state index in [0.29, 0.717) is 10.2 Å². The van der Waals surface area contributed by atoms with E-state index in [4.69, 9.17) is 0 Å². The van der Waals surface area contributed by atoms with E-state index in [1.807, 2.05) is 0 Å². The molecule has 0 aliphatic rings. The zero-order valence-corrected chi connectivity index (χ0v) is 11.5. The molecule has 7 heteroatoms. The number of aromatic nitrogens is 1. The smallest absolute Gasteiger partial charge is 0.273 e. The number of fused-ring (bicyclic) bond motifs is 1. The number of thiazole rings is 1. The molecular weight excluding hydrogens is 268 g/mol. The van der Waals surface area contributed by atoms with Gasteiger partial charge >= 0.3 is 4.87 Å². The predicted molar refractivity (Wildman–Crippen MR) is 72.8 cm³/mol. The van der Waals surface area contributed by atoms with Crippen molar-refractivity contribution in [2.75, 3.05) is 0 Å². The van der Waals surface area contributed by atoms with Gasteiger partial charge in [0.05, 0.1) is 15.1 Å². The average Bonchev–Trinajstić information content (AvgIpc) is 2.61. The van der Waals surface area contributed by atoms with Gasteiger partial charge in [-0.15, -0.1) is 0 Å². The molecule has 19 heavy (non-hydrogen) atoms. The molecule has 2 aromatic rings. The Morgan fingerprint density at radius 2 is 2.00 bits per heavy atom. The van der Waals surface area contributed by atoms with Crippen LogP contribution in [0.25, 0.3) is 10.2 Å². The Morgan fingerprint density at radius 3 is 2.53 bits per heavy atom. The van der Waals surface area contributed by atoms with Gasteiger partial charge in [-0.1, -0.05) is 32.1 Å². The van der Waals surface area contributed by atoms with Crippen LogP contribution < -0.4 is 4.87 Å². The third kappa shape index (κ3) is 2.28. The van der Waals surface area contributed by atoms with Gasteiger partial charge in [-0.2, -0.15) is 0 Å².